The number of carbonyl (C=O) groups excluding carboxylic acids is 1. The molecule has 1 saturated carbocycles. The molecule has 1 amide bonds. The Labute approximate surface area is 163 Å². The second-order valence-corrected chi connectivity index (χ2v) is 9.87. The van der Waals surface area contributed by atoms with Crippen molar-refractivity contribution in [2.45, 2.75) is 82.1 Å². The molecule has 27 heavy (non-hydrogen) atoms. The molecule has 0 bridgehead atoms. The summed E-state index contributed by atoms with van der Waals surface area (Å²) < 4.78 is 27.9. The van der Waals surface area contributed by atoms with Gasteiger partial charge in [0, 0.05) is 24.7 Å². The lowest BCUT2D eigenvalue weighted by atomic mass is 10.1. The Morgan fingerprint density at radius 1 is 0.963 bits per heavy atom. The smallest absolute Gasteiger partial charge is 0.251 e. The van der Waals surface area contributed by atoms with Gasteiger partial charge in [0.2, 0.25) is 10.0 Å². The van der Waals surface area contributed by atoms with Crippen LogP contribution in [0.25, 0.3) is 0 Å². The fraction of sp³-hybridized carbons (Fsp3) is 0.667. The minimum absolute atomic E-state index is 0.158. The standard InChI is InChI=1S/C21H32N2O3S/c1-17-12-13-18(21(24)22-19-10-6-2-3-7-11-19)16-20(17)27(25,26)23-14-8-4-5-9-15-23/h12-13,16,19H,2-11,14-15H2,1H3,(H,22,24). The second kappa shape index (κ2) is 9.20. The zero-order valence-corrected chi connectivity index (χ0v) is 17.2. The number of hydrogen-bond acceptors (Lipinski definition) is 3. The largest absolute Gasteiger partial charge is 0.349 e. The third kappa shape index (κ3) is 5.11. The predicted octanol–water partition coefficient (Wildman–Crippen LogP) is 4.01. The van der Waals surface area contributed by atoms with Crippen molar-refractivity contribution in [3.63, 3.8) is 0 Å². The summed E-state index contributed by atoms with van der Waals surface area (Å²) in [5, 5.41) is 3.12. The van der Waals surface area contributed by atoms with Crippen LogP contribution in [0.4, 0.5) is 0 Å². The van der Waals surface area contributed by atoms with Crippen LogP contribution in [-0.2, 0) is 10.0 Å². The molecule has 3 rings (SSSR count). The van der Waals surface area contributed by atoms with Crippen LogP contribution >= 0.6 is 0 Å². The summed E-state index contributed by atoms with van der Waals surface area (Å²) in [6.45, 7) is 2.94. The first-order chi connectivity index (χ1) is 13.0. The summed E-state index contributed by atoms with van der Waals surface area (Å²) in [5.41, 5.74) is 1.14. The third-order valence-electron chi connectivity index (χ3n) is 5.82. The van der Waals surface area contributed by atoms with E-state index in [1.54, 1.807) is 29.4 Å². The SMILES string of the molecule is Cc1ccc(C(=O)NC2CCCCCC2)cc1S(=O)(=O)N1CCCCCC1. The van der Waals surface area contributed by atoms with Gasteiger partial charge in [-0.25, -0.2) is 8.42 Å². The van der Waals surface area contributed by atoms with Crippen molar-refractivity contribution in [3.8, 4) is 0 Å². The molecule has 2 aliphatic rings. The maximum Gasteiger partial charge on any atom is 0.251 e. The molecule has 1 aliphatic heterocycles. The van der Waals surface area contributed by atoms with Crippen LogP contribution in [0, 0.1) is 6.92 Å². The zero-order chi connectivity index (χ0) is 19.3. The molecule has 0 spiro atoms. The fourth-order valence-corrected chi connectivity index (χ4v) is 5.90. The fourth-order valence-electron chi connectivity index (χ4n) is 4.13. The first-order valence-electron chi connectivity index (χ1n) is 10.4. The quantitative estimate of drug-likeness (QED) is 0.787. The summed E-state index contributed by atoms with van der Waals surface area (Å²) in [6, 6.07) is 5.27. The van der Waals surface area contributed by atoms with Gasteiger partial charge in [0.15, 0.2) is 0 Å². The molecule has 0 aromatic heterocycles. The van der Waals surface area contributed by atoms with Crippen LogP contribution in [-0.4, -0.2) is 37.8 Å². The number of hydrogen-bond donors (Lipinski definition) is 1. The number of rotatable bonds is 4. The summed E-state index contributed by atoms with van der Waals surface area (Å²) in [7, 11) is -3.56. The van der Waals surface area contributed by atoms with E-state index in [1.807, 2.05) is 0 Å². The Bertz CT molecular complexity index is 745. The van der Waals surface area contributed by atoms with E-state index in [9.17, 15) is 13.2 Å². The van der Waals surface area contributed by atoms with Gasteiger partial charge < -0.3 is 5.32 Å². The average molecular weight is 393 g/mol. The molecule has 1 aromatic rings. The van der Waals surface area contributed by atoms with Crippen molar-refractivity contribution < 1.29 is 13.2 Å². The molecule has 0 unspecified atom stereocenters. The van der Waals surface area contributed by atoms with Crippen molar-refractivity contribution >= 4 is 15.9 Å². The predicted molar refractivity (Wildman–Crippen MR) is 107 cm³/mol. The number of aryl methyl sites for hydroxylation is 1. The Morgan fingerprint density at radius 2 is 1.56 bits per heavy atom. The van der Waals surface area contributed by atoms with Crippen molar-refractivity contribution in [1.82, 2.24) is 9.62 Å². The van der Waals surface area contributed by atoms with Crippen molar-refractivity contribution in [2.75, 3.05) is 13.1 Å². The van der Waals surface area contributed by atoms with Crippen molar-refractivity contribution in [3.05, 3.63) is 29.3 Å². The molecule has 1 N–H and O–H groups in total. The van der Waals surface area contributed by atoms with E-state index in [0.29, 0.717) is 24.2 Å². The maximum absolute atomic E-state index is 13.2. The lowest BCUT2D eigenvalue weighted by Crippen LogP contribution is -2.35. The molecule has 150 valence electrons. The van der Waals surface area contributed by atoms with E-state index in [-0.39, 0.29) is 16.8 Å². The van der Waals surface area contributed by atoms with Crippen LogP contribution in [0.5, 0.6) is 0 Å². The Kier molecular flexibility index (Phi) is 6.93. The molecule has 1 aliphatic carbocycles. The van der Waals surface area contributed by atoms with Gasteiger partial charge in [-0.15, -0.1) is 0 Å². The normalized spacial score (nSPS) is 20.6. The van der Waals surface area contributed by atoms with Gasteiger partial charge in [-0.2, -0.15) is 4.31 Å². The highest BCUT2D eigenvalue weighted by molar-refractivity contribution is 7.89. The van der Waals surface area contributed by atoms with E-state index >= 15 is 0 Å². The summed E-state index contributed by atoms with van der Waals surface area (Å²) in [4.78, 5) is 13.0. The number of benzene rings is 1. The number of nitrogens with zero attached hydrogens (tertiary/aromatic N) is 1. The number of nitrogens with one attached hydrogen (secondary N) is 1. The number of amides is 1. The van der Waals surface area contributed by atoms with Gasteiger partial charge in [-0.1, -0.05) is 44.6 Å². The highest BCUT2D eigenvalue weighted by Crippen LogP contribution is 2.24. The van der Waals surface area contributed by atoms with Gasteiger partial charge in [0.1, 0.15) is 0 Å². The molecular formula is C21H32N2O3S. The van der Waals surface area contributed by atoms with E-state index < -0.39 is 10.0 Å². The van der Waals surface area contributed by atoms with Crippen LogP contribution in [0.3, 0.4) is 0 Å². The van der Waals surface area contributed by atoms with Gasteiger partial charge in [-0.05, 0) is 50.3 Å². The first-order valence-corrected chi connectivity index (χ1v) is 11.8. The molecule has 2 fully saturated rings. The Balaban J connectivity index is 1.79. The summed E-state index contributed by atoms with van der Waals surface area (Å²) >= 11 is 0. The van der Waals surface area contributed by atoms with Crippen LogP contribution < -0.4 is 5.32 Å². The van der Waals surface area contributed by atoms with Gasteiger partial charge in [0.05, 0.1) is 4.90 Å². The van der Waals surface area contributed by atoms with E-state index in [2.05, 4.69) is 5.32 Å². The van der Waals surface area contributed by atoms with Gasteiger partial charge in [-0.3, -0.25) is 4.79 Å². The van der Waals surface area contributed by atoms with Crippen LogP contribution in [0.2, 0.25) is 0 Å². The first kappa shape index (κ1) is 20.3. The number of sulfonamides is 1. The summed E-state index contributed by atoms with van der Waals surface area (Å²) in [5.74, 6) is -0.158. The topological polar surface area (TPSA) is 66.5 Å². The van der Waals surface area contributed by atoms with Gasteiger partial charge in [0.25, 0.3) is 5.91 Å². The maximum atomic E-state index is 13.2. The lowest BCUT2D eigenvalue weighted by Gasteiger charge is -2.22. The molecule has 5 nitrogen and oxygen atoms in total. The average Bonchev–Trinajstić information content (AvgIpc) is 3.07. The minimum atomic E-state index is -3.56. The molecule has 0 radical (unpaired) electrons. The minimum Gasteiger partial charge on any atom is -0.349 e. The highest BCUT2D eigenvalue weighted by atomic mass is 32.2. The third-order valence-corrected chi connectivity index (χ3v) is 7.86. The summed E-state index contributed by atoms with van der Waals surface area (Å²) in [6.07, 6.45) is 10.7. The lowest BCUT2D eigenvalue weighted by molar-refractivity contribution is 0.0933. The van der Waals surface area contributed by atoms with Crippen molar-refractivity contribution in [1.29, 1.82) is 0 Å². The van der Waals surface area contributed by atoms with E-state index in [1.165, 1.54) is 12.8 Å². The van der Waals surface area contributed by atoms with E-state index in [0.717, 1.165) is 51.4 Å². The molecule has 1 heterocycles. The van der Waals surface area contributed by atoms with E-state index in [4.69, 9.17) is 0 Å². The molecule has 1 saturated heterocycles. The molecule has 0 atom stereocenters. The molecule has 1 aromatic carbocycles. The van der Waals surface area contributed by atoms with Crippen LogP contribution in [0.15, 0.2) is 23.1 Å². The highest BCUT2D eigenvalue weighted by Gasteiger charge is 2.27. The van der Waals surface area contributed by atoms with Crippen molar-refractivity contribution in [2.24, 2.45) is 0 Å². The Morgan fingerprint density at radius 3 is 2.19 bits per heavy atom. The van der Waals surface area contributed by atoms with Gasteiger partial charge >= 0.3 is 0 Å². The number of carbonyl (C=O) groups is 1. The monoisotopic (exact) mass is 392 g/mol. The molecule has 6 heteroatoms. The molecular weight excluding hydrogens is 360 g/mol. The zero-order valence-electron chi connectivity index (χ0n) is 16.4. The van der Waals surface area contributed by atoms with Crippen LogP contribution in [0.1, 0.15) is 80.1 Å². The Hall–Kier alpha value is -1.40. The second-order valence-electron chi connectivity index (χ2n) is 7.96.